The molecule has 1 aliphatic carbocycles. The van der Waals surface area contributed by atoms with Gasteiger partial charge in [-0.1, -0.05) is 42.5 Å². The van der Waals surface area contributed by atoms with Crippen molar-refractivity contribution < 1.29 is 15.0 Å². The Morgan fingerprint density at radius 1 is 1.11 bits per heavy atom. The van der Waals surface area contributed by atoms with Crippen LogP contribution >= 0.6 is 0 Å². The lowest BCUT2D eigenvalue weighted by molar-refractivity contribution is -0.157. The molecule has 19 heavy (non-hydrogen) atoms. The second kappa shape index (κ2) is 3.93. The van der Waals surface area contributed by atoms with Crippen molar-refractivity contribution in [3.63, 3.8) is 0 Å². The Hall–Kier alpha value is -2.13. The molecule has 0 heterocycles. The zero-order valence-corrected chi connectivity index (χ0v) is 10.6. The average molecular weight is 254 g/mol. The Labute approximate surface area is 111 Å². The minimum absolute atomic E-state index is 0.480. The van der Waals surface area contributed by atoms with Crippen molar-refractivity contribution in [1.29, 1.82) is 0 Å². The van der Waals surface area contributed by atoms with E-state index in [1.165, 1.54) is 12.5 Å². The molecule has 1 aliphatic rings. The van der Waals surface area contributed by atoms with Gasteiger partial charge in [0.15, 0.2) is 5.60 Å². The van der Waals surface area contributed by atoms with Crippen LogP contribution < -0.4 is 0 Å². The topological polar surface area (TPSA) is 57.5 Å². The van der Waals surface area contributed by atoms with E-state index in [-0.39, 0.29) is 0 Å². The van der Waals surface area contributed by atoms with Crippen LogP contribution in [0.3, 0.4) is 0 Å². The van der Waals surface area contributed by atoms with Gasteiger partial charge in [-0.3, -0.25) is 0 Å². The molecule has 1 atom stereocenters. The van der Waals surface area contributed by atoms with Crippen molar-refractivity contribution in [2.75, 3.05) is 0 Å². The van der Waals surface area contributed by atoms with E-state index in [0.717, 1.165) is 16.7 Å². The van der Waals surface area contributed by atoms with Crippen LogP contribution in [0.25, 0.3) is 11.1 Å². The number of rotatable bonds is 2. The summed E-state index contributed by atoms with van der Waals surface area (Å²) in [6.07, 6.45) is 0.672. The molecule has 0 aromatic heterocycles. The summed E-state index contributed by atoms with van der Waals surface area (Å²) in [7, 11) is 0. The number of benzene rings is 2. The largest absolute Gasteiger partial charge is 0.479 e. The third-order valence-corrected chi connectivity index (χ3v) is 3.79. The molecule has 3 heteroatoms. The smallest absolute Gasteiger partial charge is 0.340 e. The molecule has 3 rings (SSSR count). The number of fused-ring (bicyclic) bond motifs is 3. The number of carbonyl (C=O) groups is 1. The van der Waals surface area contributed by atoms with Crippen molar-refractivity contribution in [2.24, 2.45) is 0 Å². The maximum absolute atomic E-state index is 11.2. The number of hydrogen-bond donors (Lipinski definition) is 2. The van der Waals surface area contributed by atoms with Gasteiger partial charge < -0.3 is 10.2 Å². The highest BCUT2D eigenvalue weighted by molar-refractivity contribution is 5.84. The van der Waals surface area contributed by atoms with Gasteiger partial charge >= 0.3 is 5.97 Å². The van der Waals surface area contributed by atoms with Crippen LogP contribution in [0.15, 0.2) is 42.5 Å². The minimum Gasteiger partial charge on any atom is -0.479 e. The standard InChI is InChI=1S/C16H14O3/c1-16(19,15(17)18)14-8-4-7-12-11-6-3-2-5-10(11)9-13(12)14/h2-8,19H,9H2,1H3,(H,17,18). The first kappa shape index (κ1) is 11.9. The van der Waals surface area contributed by atoms with Crippen molar-refractivity contribution in [2.45, 2.75) is 18.9 Å². The Morgan fingerprint density at radius 3 is 2.53 bits per heavy atom. The fraction of sp³-hybridized carbons (Fsp3) is 0.188. The lowest BCUT2D eigenvalue weighted by Crippen LogP contribution is -2.32. The van der Waals surface area contributed by atoms with Gasteiger partial charge in [0.2, 0.25) is 0 Å². The van der Waals surface area contributed by atoms with E-state index in [1.54, 1.807) is 12.1 Å². The molecule has 0 amide bonds. The van der Waals surface area contributed by atoms with Crippen LogP contribution in [-0.4, -0.2) is 16.2 Å². The highest BCUT2D eigenvalue weighted by Crippen LogP contribution is 2.40. The first-order valence-electron chi connectivity index (χ1n) is 6.18. The Bertz CT molecular complexity index is 671. The van der Waals surface area contributed by atoms with Crippen LogP contribution in [0.5, 0.6) is 0 Å². The summed E-state index contributed by atoms with van der Waals surface area (Å²) in [6.45, 7) is 1.33. The summed E-state index contributed by atoms with van der Waals surface area (Å²) in [5, 5.41) is 19.4. The number of carboxylic acids is 1. The highest BCUT2D eigenvalue weighted by Gasteiger charge is 2.36. The Kier molecular flexibility index (Phi) is 2.47. The third kappa shape index (κ3) is 1.66. The van der Waals surface area contributed by atoms with Crippen LogP contribution in [0.2, 0.25) is 0 Å². The first-order chi connectivity index (χ1) is 9.01. The van der Waals surface area contributed by atoms with Crippen LogP contribution in [0.4, 0.5) is 0 Å². The SMILES string of the molecule is CC(O)(C(=O)O)c1cccc2c1Cc1ccccc1-2. The molecule has 2 aromatic carbocycles. The van der Waals surface area contributed by atoms with Gasteiger partial charge in [0, 0.05) is 0 Å². The zero-order valence-electron chi connectivity index (χ0n) is 10.6. The average Bonchev–Trinajstić information content (AvgIpc) is 2.76. The molecule has 1 unspecified atom stereocenters. The molecule has 2 N–H and O–H groups in total. The molecule has 0 saturated carbocycles. The summed E-state index contributed by atoms with van der Waals surface area (Å²) in [5.74, 6) is -1.23. The molecule has 3 nitrogen and oxygen atoms in total. The molecule has 0 bridgehead atoms. The summed E-state index contributed by atoms with van der Waals surface area (Å²) in [4.78, 5) is 11.2. The molecular weight excluding hydrogens is 240 g/mol. The summed E-state index contributed by atoms with van der Waals surface area (Å²) in [5.41, 5.74) is 2.86. The molecule has 0 spiro atoms. The second-order valence-corrected chi connectivity index (χ2v) is 5.04. The summed E-state index contributed by atoms with van der Waals surface area (Å²) < 4.78 is 0. The third-order valence-electron chi connectivity index (χ3n) is 3.79. The quantitative estimate of drug-likeness (QED) is 0.739. The zero-order chi connectivity index (χ0) is 13.6. The lowest BCUT2D eigenvalue weighted by Gasteiger charge is -2.21. The predicted octanol–water partition coefficient (Wildman–Crippen LogP) is 2.55. The molecule has 0 radical (unpaired) electrons. The maximum Gasteiger partial charge on any atom is 0.340 e. The van der Waals surface area contributed by atoms with Crippen LogP contribution in [0.1, 0.15) is 23.6 Å². The molecule has 96 valence electrons. The van der Waals surface area contributed by atoms with E-state index in [0.29, 0.717) is 12.0 Å². The summed E-state index contributed by atoms with van der Waals surface area (Å²) >= 11 is 0. The van der Waals surface area contributed by atoms with E-state index in [2.05, 4.69) is 0 Å². The normalized spacial score (nSPS) is 15.5. The van der Waals surface area contributed by atoms with Crippen molar-refractivity contribution in [1.82, 2.24) is 0 Å². The van der Waals surface area contributed by atoms with Crippen molar-refractivity contribution in [3.8, 4) is 11.1 Å². The summed E-state index contributed by atoms with van der Waals surface area (Å²) in [6, 6.07) is 13.5. The first-order valence-corrected chi connectivity index (χ1v) is 6.18. The predicted molar refractivity (Wildman–Crippen MR) is 71.9 cm³/mol. The van der Waals surface area contributed by atoms with Gasteiger partial charge in [-0.2, -0.15) is 0 Å². The number of aliphatic carboxylic acids is 1. The fourth-order valence-corrected chi connectivity index (χ4v) is 2.73. The van der Waals surface area contributed by atoms with Gasteiger partial charge in [0.1, 0.15) is 0 Å². The number of hydrogen-bond acceptors (Lipinski definition) is 2. The van der Waals surface area contributed by atoms with E-state index in [9.17, 15) is 15.0 Å². The van der Waals surface area contributed by atoms with Crippen molar-refractivity contribution in [3.05, 3.63) is 59.2 Å². The van der Waals surface area contributed by atoms with Crippen LogP contribution in [-0.2, 0) is 16.8 Å². The van der Waals surface area contributed by atoms with Crippen LogP contribution in [0, 0.1) is 0 Å². The molecule has 0 fully saturated rings. The fourth-order valence-electron chi connectivity index (χ4n) is 2.73. The minimum atomic E-state index is -1.85. The van der Waals surface area contributed by atoms with Gasteiger partial charge in [-0.05, 0) is 41.2 Å². The van der Waals surface area contributed by atoms with Gasteiger partial charge in [0.05, 0.1) is 0 Å². The van der Waals surface area contributed by atoms with Gasteiger partial charge in [-0.25, -0.2) is 4.79 Å². The molecular formula is C16H14O3. The van der Waals surface area contributed by atoms with Gasteiger partial charge in [0.25, 0.3) is 0 Å². The van der Waals surface area contributed by atoms with E-state index in [1.807, 2.05) is 30.3 Å². The van der Waals surface area contributed by atoms with E-state index >= 15 is 0 Å². The van der Waals surface area contributed by atoms with Gasteiger partial charge in [-0.15, -0.1) is 0 Å². The second-order valence-electron chi connectivity index (χ2n) is 5.04. The van der Waals surface area contributed by atoms with E-state index in [4.69, 9.17) is 0 Å². The van der Waals surface area contributed by atoms with E-state index < -0.39 is 11.6 Å². The molecule has 0 aliphatic heterocycles. The highest BCUT2D eigenvalue weighted by atomic mass is 16.4. The maximum atomic E-state index is 11.2. The van der Waals surface area contributed by atoms with Crippen molar-refractivity contribution >= 4 is 5.97 Å². The molecule has 0 saturated heterocycles. The Balaban J connectivity index is 2.22. The Morgan fingerprint density at radius 2 is 1.79 bits per heavy atom. The monoisotopic (exact) mass is 254 g/mol. The molecule has 2 aromatic rings. The number of carboxylic acid groups (broad SMARTS) is 1. The number of aliphatic hydroxyl groups is 1. The lowest BCUT2D eigenvalue weighted by atomic mass is 9.89.